The zero-order valence-corrected chi connectivity index (χ0v) is 20.1. The molecule has 3 aromatic rings. The van der Waals surface area contributed by atoms with Gasteiger partial charge in [0, 0.05) is 24.8 Å². The van der Waals surface area contributed by atoms with Crippen LogP contribution in [0.1, 0.15) is 23.7 Å². The molecule has 0 amide bonds. The molecule has 3 N–H and O–H groups in total. The van der Waals surface area contributed by atoms with E-state index in [-0.39, 0.29) is 26.4 Å². The molecule has 1 heterocycles. The maximum atomic E-state index is 13.5. The monoisotopic (exact) mass is 514 g/mol. The van der Waals surface area contributed by atoms with E-state index in [2.05, 4.69) is 4.72 Å². The molecule has 7 nitrogen and oxygen atoms in total. The number of carbonyl (C=O) groups excluding carboxylic acids is 1. The van der Waals surface area contributed by atoms with Crippen molar-refractivity contribution in [3.8, 4) is 16.9 Å². The van der Waals surface area contributed by atoms with Gasteiger partial charge in [-0.25, -0.2) is 9.18 Å². The summed E-state index contributed by atoms with van der Waals surface area (Å²) in [6.45, 7) is 2.05. The first-order chi connectivity index (χ1) is 15.6. The van der Waals surface area contributed by atoms with E-state index in [9.17, 15) is 23.1 Å². The van der Waals surface area contributed by atoms with Crippen LogP contribution >= 0.6 is 22.9 Å². The summed E-state index contributed by atoms with van der Waals surface area (Å²) in [5, 5.41) is 10.3. The molecule has 0 fully saturated rings. The molecule has 0 aliphatic rings. The van der Waals surface area contributed by atoms with Gasteiger partial charge in [0.2, 0.25) is 0 Å². The number of phenolic OH excluding ortho intramolecular Hbond substituents is 1. The van der Waals surface area contributed by atoms with Crippen molar-refractivity contribution in [2.45, 2.75) is 23.7 Å². The van der Waals surface area contributed by atoms with Crippen molar-refractivity contribution in [1.29, 1.82) is 0 Å². The zero-order valence-electron chi connectivity index (χ0n) is 17.7. The van der Waals surface area contributed by atoms with E-state index in [1.807, 2.05) is 6.92 Å². The van der Waals surface area contributed by atoms with Gasteiger partial charge in [-0.3, -0.25) is 0 Å². The van der Waals surface area contributed by atoms with Crippen LogP contribution in [-0.4, -0.2) is 35.4 Å². The van der Waals surface area contributed by atoms with E-state index in [1.165, 1.54) is 43.5 Å². The molecular formula is C22H22ClFNO6S2+. The maximum Gasteiger partial charge on any atom is 0.356 e. The van der Waals surface area contributed by atoms with Gasteiger partial charge >= 0.3 is 16.4 Å². The third-order valence-electron chi connectivity index (χ3n) is 4.63. The van der Waals surface area contributed by atoms with Gasteiger partial charge in [-0.05, 0) is 40.5 Å². The number of esters is 1. The lowest BCUT2D eigenvalue weighted by Crippen LogP contribution is -2.22. The number of halogens is 2. The number of carbonyl (C=O) groups is 1. The van der Waals surface area contributed by atoms with E-state index in [0.717, 1.165) is 17.4 Å². The van der Waals surface area contributed by atoms with Crippen LogP contribution in [0.2, 0.25) is 4.34 Å². The normalized spacial score (nSPS) is 13.8. The summed E-state index contributed by atoms with van der Waals surface area (Å²) in [6, 6.07) is 10.9. The SMILES string of the molecule is CCC(COC)OC(=O)c1ccc(N[S+](=O)(O)c2cc(-c3cccc(F)c3)c(Cl)s2)cc1O. The van der Waals surface area contributed by atoms with Gasteiger partial charge in [0.15, 0.2) is 0 Å². The predicted octanol–water partition coefficient (Wildman–Crippen LogP) is 5.85. The van der Waals surface area contributed by atoms with E-state index < -0.39 is 34.0 Å². The number of phenols is 1. The van der Waals surface area contributed by atoms with E-state index in [0.29, 0.717) is 17.5 Å². The smallest absolute Gasteiger partial charge is 0.356 e. The summed E-state index contributed by atoms with van der Waals surface area (Å²) in [5.41, 5.74) is 0.892. The number of hydrogen-bond donors (Lipinski definition) is 3. The molecule has 0 aliphatic heterocycles. The Labute approximate surface area is 200 Å². The van der Waals surface area contributed by atoms with Crippen molar-refractivity contribution in [2.24, 2.45) is 0 Å². The number of ether oxygens (including phenoxy) is 2. The fourth-order valence-corrected chi connectivity index (χ4v) is 5.79. The topological polar surface area (TPSA) is 105 Å². The number of anilines is 1. The van der Waals surface area contributed by atoms with Crippen LogP contribution in [0.3, 0.4) is 0 Å². The minimum Gasteiger partial charge on any atom is -0.507 e. The Morgan fingerprint density at radius 1 is 1.27 bits per heavy atom. The van der Waals surface area contributed by atoms with E-state index >= 15 is 0 Å². The Balaban J connectivity index is 1.79. The van der Waals surface area contributed by atoms with Crippen LogP contribution in [0.4, 0.5) is 10.1 Å². The highest BCUT2D eigenvalue weighted by molar-refractivity contribution is 8.00. The van der Waals surface area contributed by atoms with Crippen LogP contribution in [-0.2, 0) is 24.1 Å². The van der Waals surface area contributed by atoms with E-state index in [1.54, 1.807) is 6.07 Å². The lowest BCUT2D eigenvalue weighted by atomic mass is 10.1. The number of benzene rings is 2. The largest absolute Gasteiger partial charge is 0.507 e. The number of hydrogen-bond acceptors (Lipinski definition) is 6. The number of thiophene rings is 1. The zero-order chi connectivity index (χ0) is 24.2. The van der Waals surface area contributed by atoms with Gasteiger partial charge in [0.1, 0.15) is 27.6 Å². The molecular weight excluding hydrogens is 493 g/mol. The highest BCUT2D eigenvalue weighted by Gasteiger charge is 2.34. The third-order valence-corrected chi connectivity index (χ3v) is 7.88. The number of methoxy groups -OCH3 is 1. The van der Waals surface area contributed by atoms with Crippen molar-refractivity contribution >= 4 is 45.0 Å². The minimum absolute atomic E-state index is 0.0140. The second kappa shape index (κ2) is 10.6. The van der Waals surface area contributed by atoms with E-state index in [4.69, 9.17) is 21.1 Å². The Bertz CT molecular complexity index is 1200. The van der Waals surface area contributed by atoms with Crippen molar-refractivity contribution < 1.29 is 32.5 Å². The molecule has 1 aromatic heterocycles. The summed E-state index contributed by atoms with van der Waals surface area (Å²) in [5.74, 6) is -1.62. The molecule has 0 radical (unpaired) electrons. The minimum atomic E-state index is -3.82. The standard InChI is InChI=1S/C22H21ClFNO6S2/c1-3-16(12-30-2)31-22(27)17-8-7-15(10-19(17)26)25-33(28,29)20-11-18(21(23)32-20)13-5-4-6-14(24)9-13/h4-11,16H,3,12H2,1-2H3,(H2-,25,26,27,28,29)/p+1. The van der Waals surface area contributed by atoms with Gasteiger partial charge in [0.25, 0.3) is 4.21 Å². The van der Waals surface area contributed by atoms with Crippen LogP contribution in [0.5, 0.6) is 5.75 Å². The summed E-state index contributed by atoms with van der Waals surface area (Å²) >= 11 is 7.10. The average molecular weight is 515 g/mol. The third kappa shape index (κ3) is 6.10. The molecule has 2 unspecified atom stereocenters. The first-order valence-electron chi connectivity index (χ1n) is 9.77. The second-order valence-electron chi connectivity index (χ2n) is 7.01. The molecule has 11 heteroatoms. The molecule has 2 aromatic carbocycles. The van der Waals surface area contributed by atoms with Crippen LogP contribution in [0.15, 0.2) is 52.7 Å². The summed E-state index contributed by atoms with van der Waals surface area (Å²) < 4.78 is 50.0. The average Bonchev–Trinajstić information content (AvgIpc) is 3.16. The molecule has 3 rings (SSSR count). The summed E-state index contributed by atoms with van der Waals surface area (Å²) in [6.07, 6.45) is 0.0693. The molecule has 0 bridgehead atoms. The van der Waals surface area contributed by atoms with Gasteiger partial charge in [-0.2, -0.15) is 9.27 Å². The Morgan fingerprint density at radius 2 is 2.03 bits per heavy atom. The Morgan fingerprint density at radius 3 is 2.67 bits per heavy atom. The van der Waals surface area contributed by atoms with Crippen molar-refractivity contribution in [2.75, 3.05) is 18.4 Å². The number of rotatable bonds is 9. The van der Waals surface area contributed by atoms with Crippen molar-refractivity contribution in [3.63, 3.8) is 0 Å². The molecule has 0 saturated heterocycles. The first-order valence-corrected chi connectivity index (χ1v) is 12.5. The molecule has 176 valence electrons. The predicted molar refractivity (Wildman–Crippen MR) is 127 cm³/mol. The van der Waals surface area contributed by atoms with Crippen molar-refractivity contribution in [3.05, 3.63) is 64.2 Å². The second-order valence-corrected chi connectivity index (χ2v) is 10.6. The first kappa shape index (κ1) is 25.1. The summed E-state index contributed by atoms with van der Waals surface area (Å²) in [4.78, 5) is 12.3. The fourth-order valence-electron chi connectivity index (χ4n) is 2.95. The number of aromatic hydroxyl groups is 1. The lowest BCUT2D eigenvalue weighted by Gasteiger charge is -2.15. The molecule has 33 heavy (non-hydrogen) atoms. The van der Waals surface area contributed by atoms with Crippen LogP contribution < -0.4 is 4.72 Å². The molecule has 0 aliphatic carbocycles. The Hall–Kier alpha value is -2.50. The summed E-state index contributed by atoms with van der Waals surface area (Å²) in [7, 11) is -2.33. The van der Waals surface area contributed by atoms with Gasteiger partial charge in [-0.1, -0.05) is 42.0 Å². The van der Waals surface area contributed by atoms with Gasteiger partial charge in [-0.15, -0.1) is 0 Å². The van der Waals surface area contributed by atoms with Gasteiger partial charge < -0.3 is 14.6 Å². The molecule has 0 saturated carbocycles. The molecule has 0 spiro atoms. The highest BCUT2D eigenvalue weighted by atomic mass is 35.5. The number of nitrogens with one attached hydrogen (secondary N) is 1. The van der Waals surface area contributed by atoms with Crippen LogP contribution in [0, 0.1) is 5.82 Å². The quantitative estimate of drug-likeness (QED) is 0.244. The highest BCUT2D eigenvalue weighted by Crippen LogP contribution is 2.40. The Kier molecular flexibility index (Phi) is 8.09. The molecule has 2 atom stereocenters. The fraction of sp³-hybridized carbons (Fsp3) is 0.227. The lowest BCUT2D eigenvalue weighted by molar-refractivity contribution is 0.00451. The van der Waals surface area contributed by atoms with Crippen molar-refractivity contribution in [1.82, 2.24) is 0 Å². The maximum absolute atomic E-state index is 13.5. The van der Waals surface area contributed by atoms with Gasteiger partial charge in [0.05, 0.1) is 12.3 Å². The van der Waals surface area contributed by atoms with Crippen LogP contribution in [0.25, 0.3) is 11.1 Å².